The van der Waals surface area contributed by atoms with Gasteiger partial charge in [0, 0.05) is 0 Å². The molecule has 4 nitrogen and oxygen atoms in total. The van der Waals surface area contributed by atoms with E-state index in [9.17, 15) is 9.90 Å². The van der Waals surface area contributed by atoms with E-state index in [-0.39, 0.29) is 5.57 Å². The molecule has 0 aliphatic carbocycles. The summed E-state index contributed by atoms with van der Waals surface area (Å²) in [6.07, 6.45) is 3.57. The van der Waals surface area contributed by atoms with Gasteiger partial charge in [0.15, 0.2) is 0 Å². The zero-order valence-electron chi connectivity index (χ0n) is 16.4. The molecule has 0 amide bonds. The molecule has 3 rings (SSSR count). The Morgan fingerprint density at radius 1 is 0.897 bits per heavy atom. The lowest BCUT2D eigenvalue weighted by Gasteiger charge is -2.08. The van der Waals surface area contributed by atoms with Crippen molar-refractivity contribution < 1.29 is 19.4 Å². The summed E-state index contributed by atoms with van der Waals surface area (Å²) < 4.78 is 10.9. The topological polar surface area (TPSA) is 55.8 Å². The fraction of sp³-hybridized carbons (Fsp3) is 0.160. The minimum absolute atomic E-state index is 0.226. The van der Waals surface area contributed by atoms with Crippen LogP contribution in [0.15, 0.2) is 78.9 Å². The van der Waals surface area contributed by atoms with Gasteiger partial charge in [-0.3, -0.25) is 0 Å². The molecule has 0 aliphatic heterocycles. The lowest BCUT2D eigenvalue weighted by molar-refractivity contribution is -0.130. The van der Waals surface area contributed by atoms with Gasteiger partial charge in [-0.25, -0.2) is 4.79 Å². The zero-order chi connectivity index (χ0) is 20.5. The first-order valence-electron chi connectivity index (χ1n) is 9.52. The number of methoxy groups -OCH3 is 1. The van der Waals surface area contributed by atoms with E-state index in [0.717, 1.165) is 24.2 Å². The lowest BCUT2D eigenvalue weighted by atomic mass is 10.0. The third kappa shape index (κ3) is 5.98. The Balaban J connectivity index is 1.60. The molecule has 0 unspecified atom stereocenters. The maximum atomic E-state index is 11.7. The van der Waals surface area contributed by atoms with Crippen LogP contribution in [0.3, 0.4) is 0 Å². The first-order valence-corrected chi connectivity index (χ1v) is 9.52. The SMILES string of the molecule is COc1ccc(/C(=C/c2ccc(OCCCc3ccccc3)cc2)C(=O)O)cc1. The minimum Gasteiger partial charge on any atom is -0.497 e. The van der Waals surface area contributed by atoms with Crippen molar-refractivity contribution in [2.75, 3.05) is 13.7 Å². The number of carboxylic acid groups (broad SMARTS) is 1. The van der Waals surface area contributed by atoms with Gasteiger partial charge in [-0.2, -0.15) is 0 Å². The zero-order valence-corrected chi connectivity index (χ0v) is 16.4. The second-order valence-electron chi connectivity index (χ2n) is 6.60. The first kappa shape index (κ1) is 20.2. The predicted octanol–water partition coefficient (Wildman–Crippen LogP) is 5.33. The number of carbonyl (C=O) groups is 1. The molecule has 0 aromatic heterocycles. The van der Waals surface area contributed by atoms with E-state index >= 15 is 0 Å². The Labute approximate surface area is 171 Å². The van der Waals surface area contributed by atoms with Gasteiger partial charge in [0.1, 0.15) is 11.5 Å². The number of carboxylic acids is 1. The largest absolute Gasteiger partial charge is 0.497 e. The number of aryl methyl sites for hydroxylation is 1. The molecule has 0 saturated heterocycles. The second-order valence-corrected chi connectivity index (χ2v) is 6.60. The molecule has 0 bridgehead atoms. The van der Waals surface area contributed by atoms with Gasteiger partial charge in [0.05, 0.1) is 19.3 Å². The summed E-state index contributed by atoms with van der Waals surface area (Å²) in [4.78, 5) is 11.7. The quantitative estimate of drug-likeness (QED) is 0.306. The molecule has 29 heavy (non-hydrogen) atoms. The number of benzene rings is 3. The van der Waals surface area contributed by atoms with Crippen molar-refractivity contribution in [2.24, 2.45) is 0 Å². The van der Waals surface area contributed by atoms with Gasteiger partial charge in [0.25, 0.3) is 0 Å². The summed E-state index contributed by atoms with van der Waals surface area (Å²) in [7, 11) is 1.58. The van der Waals surface area contributed by atoms with Crippen LogP contribution in [0.4, 0.5) is 0 Å². The van der Waals surface area contributed by atoms with Gasteiger partial charge >= 0.3 is 5.97 Å². The standard InChI is InChI=1S/C25H24O4/c1-28-22-15-11-21(12-16-22)24(25(26)27)18-20-9-13-23(14-10-20)29-17-5-8-19-6-3-2-4-7-19/h2-4,6-7,9-16,18H,5,8,17H2,1H3,(H,26,27)/b24-18-. The van der Waals surface area contributed by atoms with Crippen LogP contribution in [-0.2, 0) is 11.2 Å². The third-order valence-corrected chi connectivity index (χ3v) is 4.54. The molecule has 1 N–H and O–H groups in total. The van der Waals surface area contributed by atoms with Crippen LogP contribution in [0.25, 0.3) is 11.6 Å². The van der Waals surface area contributed by atoms with E-state index in [1.807, 2.05) is 42.5 Å². The van der Waals surface area contributed by atoms with Crippen LogP contribution in [0.2, 0.25) is 0 Å². The maximum absolute atomic E-state index is 11.7. The van der Waals surface area contributed by atoms with E-state index in [1.165, 1.54) is 5.56 Å². The van der Waals surface area contributed by atoms with Crippen LogP contribution < -0.4 is 9.47 Å². The van der Waals surface area contributed by atoms with Crippen LogP contribution >= 0.6 is 0 Å². The number of hydrogen-bond donors (Lipinski definition) is 1. The van der Waals surface area contributed by atoms with E-state index in [0.29, 0.717) is 17.9 Å². The Hall–Kier alpha value is -3.53. The average molecular weight is 388 g/mol. The smallest absolute Gasteiger partial charge is 0.336 e. The molecule has 0 heterocycles. The van der Waals surface area contributed by atoms with Crippen LogP contribution in [0, 0.1) is 0 Å². The molecule has 0 radical (unpaired) electrons. The summed E-state index contributed by atoms with van der Waals surface area (Å²) in [6, 6.07) is 24.7. The highest BCUT2D eigenvalue weighted by atomic mass is 16.5. The van der Waals surface area contributed by atoms with Crippen molar-refractivity contribution in [2.45, 2.75) is 12.8 Å². The van der Waals surface area contributed by atoms with Crippen LogP contribution in [0.5, 0.6) is 11.5 Å². The molecule has 148 valence electrons. The molecule has 3 aromatic carbocycles. The second kappa shape index (κ2) is 10.1. The van der Waals surface area contributed by atoms with Crippen molar-refractivity contribution in [3.05, 3.63) is 95.6 Å². The molecular formula is C25H24O4. The molecular weight excluding hydrogens is 364 g/mol. The third-order valence-electron chi connectivity index (χ3n) is 4.54. The molecule has 0 saturated carbocycles. The summed E-state index contributed by atoms with van der Waals surface area (Å²) >= 11 is 0. The number of rotatable bonds is 9. The molecule has 4 heteroatoms. The van der Waals surface area contributed by atoms with E-state index in [4.69, 9.17) is 9.47 Å². The fourth-order valence-corrected chi connectivity index (χ4v) is 2.98. The van der Waals surface area contributed by atoms with Gasteiger partial charge in [-0.15, -0.1) is 0 Å². The highest BCUT2D eigenvalue weighted by molar-refractivity contribution is 6.20. The van der Waals surface area contributed by atoms with Crippen molar-refractivity contribution in [1.82, 2.24) is 0 Å². The summed E-state index contributed by atoms with van der Waals surface area (Å²) in [5, 5.41) is 9.58. The molecule has 0 fully saturated rings. The van der Waals surface area contributed by atoms with Gasteiger partial charge in [-0.1, -0.05) is 54.6 Å². The minimum atomic E-state index is -0.976. The van der Waals surface area contributed by atoms with Gasteiger partial charge in [-0.05, 0) is 59.9 Å². The monoisotopic (exact) mass is 388 g/mol. The normalized spacial score (nSPS) is 11.1. The van der Waals surface area contributed by atoms with E-state index in [1.54, 1.807) is 37.5 Å². The Morgan fingerprint density at radius 3 is 2.17 bits per heavy atom. The predicted molar refractivity (Wildman–Crippen MR) is 115 cm³/mol. The van der Waals surface area contributed by atoms with Crippen molar-refractivity contribution in [3.63, 3.8) is 0 Å². The van der Waals surface area contributed by atoms with Gasteiger partial charge in [0.2, 0.25) is 0 Å². The summed E-state index contributed by atoms with van der Waals surface area (Å²) in [5.41, 5.74) is 2.95. The molecule has 0 atom stereocenters. The average Bonchev–Trinajstić information content (AvgIpc) is 2.76. The van der Waals surface area contributed by atoms with Crippen LogP contribution in [0.1, 0.15) is 23.1 Å². The molecule has 0 aliphatic rings. The fourth-order valence-electron chi connectivity index (χ4n) is 2.98. The maximum Gasteiger partial charge on any atom is 0.336 e. The van der Waals surface area contributed by atoms with Gasteiger partial charge < -0.3 is 14.6 Å². The summed E-state index contributed by atoms with van der Waals surface area (Å²) in [6.45, 7) is 0.635. The number of aliphatic carboxylic acids is 1. The highest BCUT2D eigenvalue weighted by Crippen LogP contribution is 2.23. The first-order chi connectivity index (χ1) is 14.2. The van der Waals surface area contributed by atoms with Crippen molar-refractivity contribution in [3.8, 4) is 11.5 Å². The highest BCUT2D eigenvalue weighted by Gasteiger charge is 2.10. The molecule has 0 spiro atoms. The van der Waals surface area contributed by atoms with E-state index in [2.05, 4.69) is 12.1 Å². The molecule has 3 aromatic rings. The Bertz CT molecular complexity index is 942. The van der Waals surface area contributed by atoms with Crippen molar-refractivity contribution in [1.29, 1.82) is 0 Å². The number of ether oxygens (including phenoxy) is 2. The Morgan fingerprint density at radius 2 is 1.55 bits per heavy atom. The summed E-state index contributed by atoms with van der Waals surface area (Å²) in [5.74, 6) is 0.486. The van der Waals surface area contributed by atoms with E-state index < -0.39 is 5.97 Å². The van der Waals surface area contributed by atoms with Crippen LogP contribution in [-0.4, -0.2) is 24.8 Å². The Kier molecular flexibility index (Phi) is 7.06. The van der Waals surface area contributed by atoms with Crippen molar-refractivity contribution >= 4 is 17.6 Å². The number of hydrogen-bond acceptors (Lipinski definition) is 3. The lowest BCUT2D eigenvalue weighted by Crippen LogP contribution is -2.00.